The molecule has 7 heteroatoms. The van der Waals surface area contributed by atoms with Crippen molar-refractivity contribution in [2.75, 3.05) is 20.0 Å². The Kier molecular flexibility index (Phi) is 5.72. The quantitative estimate of drug-likeness (QED) is 0.687. The Bertz CT molecular complexity index is 816. The lowest BCUT2D eigenvalue weighted by Gasteiger charge is -2.20. The van der Waals surface area contributed by atoms with Gasteiger partial charge in [0.1, 0.15) is 5.75 Å². The highest BCUT2D eigenvalue weighted by Crippen LogP contribution is 2.29. The smallest absolute Gasteiger partial charge is 0.251 e. The maximum absolute atomic E-state index is 13.9. The van der Waals surface area contributed by atoms with Gasteiger partial charge in [0, 0.05) is 35.0 Å². The van der Waals surface area contributed by atoms with Crippen molar-refractivity contribution in [1.29, 1.82) is 0 Å². The number of hydrogen-bond donors (Lipinski definition) is 3. The molecule has 1 amide bonds. The van der Waals surface area contributed by atoms with Crippen LogP contribution in [0.15, 0.2) is 30.3 Å². The van der Waals surface area contributed by atoms with Gasteiger partial charge in [-0.2, -0.15) is 0 Å². The van der Waals surface area contributed by atoms with E-state index >= 15 is 0 Å². The Morgan fingerprint density at radius 3 is 2.42 bits per heavy atom. The first-order valence-electron chi connectivity index (χ1n) is 7.98. The second-order valence-electron chi connectivity index (χ2n) is 6.34. The molecule has 0 aliphatic rings. The molecule has 0 heterocycles. The summed E-state index contributed by atoms with van der Waals surface area (Å²) >= 11 is 0. The number of carbonyl (C=O) groups excluding carboxylic acids is 1. The molecule has 4 N–H and O–H groups in total. The lowest BCUT2D eigenvalue weighted by Crippen LogP contribution is -2.25. The minimum atomic E-state index is -1.18. The Hall–Kier alpha value is -2.80. The van der Waals surface area contributed by atoms with Crippen molar-refractivity contribution >= 4 is 11.6 Å². The molecule has 0 radical (unpaired) electrons. The minimum Gasteiger partial charge on any atom is -0.496 e. The summed E-state index contributed by atoms with van der Waals surface area (Å²) in [4.78, 5) is 12.4. The van der Waals surface area contributed by atoms with Crippen molar-refractivity contribution in [1.82, 2.24) is 5.32 Å². The molecule has 0 saturated carbocycles. The van der Waals surface area contributed by atoms with Gasteiger partial charge in [-0.05, 0) is 38.1 Å². The maximum Gasteiger partial charge on any atom is 0.251 e. The number of amides is 1. The van der Waals surface area contributed by atoms with E-state index in [0.29, 0.717) is 28.1 Å². The fraction of sp³-hybridized carbons (Fsp3) is 0.316. The molecule has 0 atom stereocenters. The summed E-state index contributed by atoms with van der Waals surface area (Å²) in [6.45, 7) is 3.24. The number of nitrogens with one attached hydrogen (secondary N) is 1. The second-order valence-corrected chi connectivity index (χ2v) is 6.34. The van der Waals surface area contributed by atoms with Crippen LogP contribution in [0.25, 0.3) is 0 Å². The third-order valence-corrected chi connectivity index (χ3v) is 3.97. The molecule has 0 unspecified atom stereocenters. The standard InChI is InChI=1S/C19H23FN2O4/c1-19(2,24)13-7-11(5-6-15(13)21)18(23)22-10-12-8-14(20)17(26-4)9-16(12)25-3/h5-9,24H,10,21H2,1-4H3,(H,22,23). The molecule has 0 aromatic heterocycles. The van der Waals surface area contributed by atoms with Crippen LogP contribution < -0.4 is 20.5 Å². The van der Waals surface area contributed by atoms with E-state index < -0.39 is 11.4 Å². The van der Waals surface area contributed by atoms with Gasteiger partial charge in [-0.3, -0.25) is 4.79 Å². The minimum absolute atomic E-state index is 0.0604. The SMILES string of the molecule is COc1cc(OC)c(CNC(=O)c2ccc(N)c(C(C)(C)O)c2)cc1F. The molecule has 0 bridgehead atoms. The molecule has 26 heavy (non-hydrogen) atoms. The van der Waals surface area contributed by atoms with Crippen molar-refractivity contribution < 1.29 is 23.8 Å². The number of ether oxygens (including phenoxy) is 2. The number of rotatable bonds is 6. The first kappa shape index (κ1) is 19.5. The van der Waals surface area contributed by atoms with Gasteiger partial charge in [-0.25, -0.2) is 4.39 Å². The number of nitrogens with two attached hydrogens (primary N) is 1. The van der Waals surface area contributed by atoms with E-state index in [2.05, 4.69) is 5.32 Å². The van der Waals surface area contributed by atoms with Crippen LogP contribution in [0.2, 0.25) is 0 Å². The molecule has 0 saturated heterocycles. The van der Waals surface area contributed by atoms with Crippen LogP contribution in [0.3, 0.4) is 0 Å². The Morgan fingerprint density at radius 2 is 1.85 bits per heavy atom. The highest BCUT2D eigenvalue weighted by molar-refractivity contribution is 5.95. The molecular formula is C19H23FN2O4. The van der Waals surface area contributed by atoms with Gasteiger partial charge in [0.2, 0.25) is 0 Å². The molecule has 0 aliphatic heterocycles. The van der Waals surface area contributed by atoms with E-state index in [1.807, 2.05) is 0 Å². The summed E-state index contributed by atoms with van der Waals surface area (Å²) in [5.74, 6) is -0.466. The average Bonchev–Trinajstić information content (AvgIpc) is 2.59. The van der Waals surface area contributed by atoms with Crippen molar-refractivity contribution in [3.8, 4) is 11.5 Å². The molecule has 2 aromatic carbocycles. The number of nitrogen functional groups attached to an aromatic ring is 1. The van der Waals surface area contributed by atoms with Crippen molar-refractivity contribution in [2.45, 2.75) is 26.0 Å². The monoisotopic (exact) mass is 362 g/mol. The summed E-state index contributed by atoms with van der Waals surface area (Å²) in [6.07, 6.45) is 0. The number of benzene rings is 2. The van der Waals surface area contributed by atoms with E-state index in [0.717, 1.165) is 0 Å². The molecule has 0 spiro atoms. The Balaban J connectivity index is 2.21. The summed E-state index contributed by atoms with van der Waals surface area (Å²) in [6, 6.07) is 7.34. The third kappa shape index (κ3) is 4.23. The summed E-state index contributed by atoms with van der Waals surface area (Å²) in [5.41, 5.74) is 6.34. The van der Waals surface area contributed by atoms with Crippen LogP contribution in [0.5, 0.6) is 11.5 Å². The van der Waals surface area contributed by atoms with E-state index in [9.17, 15) is 14.3 Å². The third-order valence-electron chi connectivity index (χ3n) is 3.97. The molecule has 2 rings (SSSR count). The predicted molar refractivity (Wildman–Crippen MR) is 96.8 cm³/mol. The van der Waals surface area contributed by atoms with Gasteiger partial charge < -0.3 is 25.6 Å². The van der Waals surface area contributed by atoms with Crippen molar-refractivity contribution in [2.24, 2.45) is 0 Å². The second kappa shape index (κ2) is 7.61. The highest BCUT2D eigenvalue weighted by Gasteiger charge is 2.21. The number of anilines is 1. The Labute approximate surface area is 151 Å². The van der Waals surface area contributed by atoms with E-state index in [4.69, 9.17) is 15.2 Å². The molecule has 6 nitrogen and oxygen atoms in total. The summed E-state index contributed by atoms with van der Waals surface area (Å²) < 4.78 is 24.0. The van der Waals surface area contributed by atoms with Gasteiger partial charge >= 0.3 is 0 Å². The normalized spacial score (nSPS) is 11.2. The lowest BCUT2D eigenvalue weighted by molar-refractivity contribution is 0.0792. The number of hydrogen-bond acceptors (Lipinski definition) is 5. The van der Waals surface area contributed by atoms with E-state index in [-0.39, 0.29) is 18.2 Å². The zero-order valence-electron chi connectivity index (χ0n) is 15.2. The van der Waals surface area contributed by atoms with E-state index in [1.54, 1.807) is 26.0 Å². The van der Waals surface area contributed by atoms with Crippen molar-refractivity contribution in [3.05, 3.63) is 52.8 Å². The van der Waals surface area contributed by atoms with Gasteiger partial charge in [-0.1, -0.05) is 0 Å². The van der Waals surface area contributed by atoms with Crippen LogP contribution in [-0.2, 0) is 12.1 Å². The lowest BCUT2D eigenvalue weighted by atomic mass is 9.94. The Morgan fingerprint density at radius 1 is 1.19 bits per heavy atom. The molecule has 0 fully saturated rings. The molecular weight excluding hydrogens is 339 g/mol. The number of carbonyl (C=O) groups is 1. The van der Waals surface area contributed by atoms with Crippen LogP contribution in [0.4, 0.5) is 10.1 Å². The highest BCUT2D eigenvalue weighted by atomic mass is 19.1. The molecule has 140 valence electrons. The van der Waals surface area contributed by atoms with E-state index in [1.165, 1.54) is 32.4 Å². The molecule has 0 aliphatic carbocycles. The number of halogens is 1. The van der Waals surface area contributed by atoms with Gasteiger partial charge in [0.05, 0.1) is 19.8 Å². The molecule has 2 aromatic rings. The summed E-state index contributed by atoms with van der Waals surface area (Å²) in [7, 11) is 2.81. The van der Waals surface area contributed by atoms with Gasteiger partial charge in [0.15, 0.2) is 11.6 Å². The zero-order chi connectivity index (χ0) is 19.5. The topological polar surface area (TPSA) is 93.8 Å². The average molecular weight is 362 g/mol. The van der Waals surface area contributed by atoms with Crippen molar-refractivity contribution in [3.63, 3.8) is 0 Å². The van der Waals surface area contributed by atoms with Crippen LogP contribution >= 0.6 is 0 Å². The fourth-order valence-electron chi connectivity index (χ4n) is 2.57. The zero-order valence-corrected chi connectivity index (χ0v) is 15.2. The summed E-state index contributed by atoms with van der Waals surface area (Å²) in [5, 5.41) is 12.9. The number of methoxy groups -OCH3 is 2. The van der Waals surface area contributed by atoms with Crippen LogP contribution in [0, 0.1) is 5.82 Å². The largest absolute Gasteiger partial charge is 0.496 e. The fourth-order valence-corrected chi connectivity index (χ4v) is 2.57. The van der Waals surface area contributed by atoms with Crippen LogP contribution in [-0.4, -0.2) is 25.2 Å². The first-order chi connectivity index (χ1) is 12.2. The first-order valence-corrected chi connectivity index (χ1v) is 7.98. The van der Waals surface area contributed by atoms with Gasteiger partial charge in [-0.15, -0.1) is 0 Å². The maximum atomic E-state index is 13.9. The number of aliphatic hydroxyl groups is 1. The predicted octanol–water partition coefficient (Wildman–Crippen LogP) is 2.58. The van der Waals surface area contributed by atoms with Gasteiger partial charge in [0.25, 0.3) is 5.91 Å². The van der Waals surface area contributed by atoms with Crippen LogP contribution in [0.1, 0.15) is 35.3 Å².